The summed E-state index contributed by atoms with van der Waals surface area (Å²) in [6.45, 7) is 4.61. The molecule has 0 saturated carbocycles. The fourth-order valence-corrected chi connectivity index (χ4v) is 5.68. The van der Waals surface area contributed by atoms with Gasteiger partial charge in [0, 0.05) is 31.5 Å². The molecule has 0 spiro atoms. The van der Waals surface area contributed by atoms with E-state index in [0.29, 0.717) is 12.5 Å². The van der Waals surface area contributed by atoms with Crippen LogP contribution >= 0.6 is 11.8 Å². The number of carbonyl (C=O) groups excluding carboxylic acids is 1. The van der Waals surface area contributed by atoms with Gasteiger partial charge in [-0.15, -0.1) is 11.8 Å². The Hall–Kier alpha value is -2.18. The van der Waals surface area contributed by atoms with Crippen molar-refractivity contribution >= 4 is 17.8 Å². The van der Waals surface area contributed by atoms with E-state index < -0.39 is 0 Å². The molecule has 30 heavy (non-hydrogen) atoms. The van der Waals surface area contributed by atoms with Crippen LogP contribution in [0.4, 0.5) is 4.79 Å². The van der Waals surface area contributed by atoms with Crippen LogP contribution in [-0.4, -0.2) is 61.4 Å². The molecular formula is C24H31N3O2S. The third kappa shape index (κ3) is 4.93. The molecule has 160 valence electrons. The number of urea groups is 1. The summed E-state index contributed by atoms with van der Waals surface area (Å²) in [5.74, 6) is 2.52. The van der Waals surface area contributed by atoms with Crippen molar-refractivity contribution in [2.75, 3.05) is 45.6 Å². The van der Waals surface area contributed by atoms with Crippen LogP contribution in [-0.2, 0) is 0 Å². The Labute approximate surface area is 183 Å². The van der Waals surface area contributed by atoms with Crippen molar-refractivity contribution in [1.29, 1.82) is 0 Å². The standard InChI is InChI=1S/C24H31N3O2S/c1-25-24(28)27-16-18-30-23(27)21-9-5-6-10-22(21)29-17-15-26-13-11-20(12-14-26)19-7-3-2-4-8-19/h2-10,20,23H,11-18H2,1H3,(H,25,28). The van der Waals surface area contributed by atoms with E-state index in [4.69, 9.17) is 4.74 Å². The average molecular weight is 426 g/mol. The third-order valence-electron chi connectivity index (χ3n) is 6.07. The van der Waals surface area contributed by atoms with Gasteiger partial charge < -0.3 is 15.0 Å². The van der Waals surface area contributed by atoms with Gasteiger partial charge >= 0.3 is 6.03 Å². The van der Waals surface area contributed by atoms with Gasteiger partial charge in [0.15, 0.2) is 0 Å². The number of nitrogens with one attached hydrogen (secondary N) is 1. The molecule has 2 aromatic carbocycles. The number of hydrogen-bond acceptors (Lipinski definition) is 4. The van der Waals surface area contributed by atoms with Crippen molar-refractivity contribution < 1.29 is 9.53 Å². The number of benzene rings is 2. The highest BCUT2D eigenvalue weighted by Gasteiger charge is 2.32. The van der Waals surface area contributed by atoms with Gasteiger partial charge in [-0.2, -0.15) is 0 Å². The number of hydrogen-bond donors (Lipinski definition) is 1. The molecule has 2 aliphatic rings. The molecule has 0 aliphatic carbocycles. The molecule has 2 fully saturated rings. The van der Waals surface area contributed by atoms with Gasteiger partial charge in [0.05, 0.1) is 0 Å². The molecule has 2 aliphatic heterocycles. The Morgan fingerprint density at radius 2 is 1.80 bits per heavy atom. The number of likely N-dealkylation sites (tertiary alicyclic amines) is 1. The summed E-state index contributed by atoms with van der Waals surface area (Å²) in [4.78, 5) is 16.6. The Balaban J connectivity index is 1.30. The highest BCUT2D eigenvalue weighted by atomic mass is 32.2. The molecule has 1 unspecified atom stereocenters. The normalized spacial score (nSPS) is 20.3. The maximum Gasteiger partial charge on any atom is 0.318 e. The highest BCUT2D eigenvalue weighted by molar-refractivity contribution is 7.99. The van der Waals surface area contributed by atoms with E-state index in [1.54, 1.807) is 18.8 Å². The number of piperidine rings is 1. The number of thioether (sulfide) groups is 1. The highest BCUT2D eigenvalue weighted by Crippen LogP contribution is 2.41. The fraction of sp³-hybridized carbons (Fsp3) is 0.458. The lowest BCUT2D eigenvalue weighted by Gasteiger charge is -2.32. The average Bonchev–Trinajstić information content (AvgIpc) is 3.30. The third-order valence-corrected chi connectivity index (χ3v) is 7.32. The summed E-state index contributed by atoms with van der Waals surface area (Å²) in [7, 11) is 1.69. The number of ether oxygens (including phenoxy) is 1. The van der Waals surface area contributed by atoms with Gasteiger partial charge in [-0.25, -0.2) is 4.79 Å². The quantitative estimate of drug-likeness (QED) is 0.748. The van der Waals surface area contributed by atoms with Gasteiger partial charge in [0.25, 0.3) is 0 Å². The molecule has 6 heteroatoms. The summed E-state index contributed by atoms with van der Waals surface area (Å²) in [6.07, 6.45) is 2.42. The van der Waals surface area contributed by atoms with Crippen LogP contribution in [0, 0.1) is 0 Å². The summed E-state index contributed by atoms with van der Waals surface area (Å²) >= 11 is 1.80. The topological polar surface area (TPSA) is 44.8 Å². The second-order valence-electron chi connectivity index (χ2n) is 7.88. The first-order valence-electron chi connectivity index (χ1n) is 10.8. The minimum atomic E-state index is -0.0268. The lowest BCUT2D eigenvalue weighted by Crippen LogP contribution is -2.37. The smallest absolute Gasteiger partial charge is 0.318 e. The van der Waals surface area contributed by atoms with Gasteiger partial charge in [-0.1, -0.05) is 48.5 Å². The first kappa shape index (κ1) is 21.1. The van der Waals surface area contributed by atoms with Crippen LogP contribution in [0.5, 0.6) is 5.75 Å². The SMILES string of the molecule is CNC(=O)N1CCSC1c1ccccc1OCCN1CCC(c2ccccc2)CC1. The predicted molar refractivity (Wildman–Crippen MR) is 123 cm³/mol. The summed E-state index contributed by atoms with van der Waals surface area (Å²) in [5, 5.41) is 2.77. The van der Waals surface area contributed by atoms with Crippen molar-refractivity contribution in [3.63, 3.8) is 0 Å². The molecule has 1 atom stereocenters. The van der Waals surface area contributed by atoms with E-state index in [0.717, 1.165) is 43.2 Å². The molecular weight excluding hydrogens is 394 g/mol. The molecule has 1 N–H and O–H groups in total. The second kappa shape index (κ2) is 10.2. The predicted octanol–water partition coefficient (Wildman–Crippen LogP) is 4.33. The van der Waals surface area contributed by atoms with Crippen molar-refractivity contribution in [1.82, 2.24) is 15.1 Å². The number of carbonyl (C=O) groups is 1. The monoisotopic (exact) mass is 425 g/mol. The van der Waals surface area contributed by atoms with E-state index >= 15 is 0 Å². The molecule has 5 nitrogen and oxygen atoms in total. The van der Waals surface area contributed by atoms with Crippen LogP contribution in [0.2, 0.25) is 0 Å². The van der Waals surface area contributed by atoms with E-state index in [-0.39, 0.29) is 11.4 Å². The number of amides is 2. The van der Waals surface area contributed by atoms with E-state index in [1.807, 2.05) is 23.1 Å². The Morgan fingerprint density at radius 3 is 2.57 bits per heavy atom. The summed E-state index contributed by atoms with van der Waals surface area (Å²) in [6, 6.07) is 19.0. The molecule has 2 amide bonds. The lowest BCUT2D eigenvalue weighted by molar-refractivity contribution is 0.171. The van der Waals surface area contributed by atoms with Crippen molar-refractivity contribution in [3.05, 3.63) is 65.7 Å². The Morgan fingerprint density at radius 1 is 1.07 bits per heavy atom. The zero-order chi connectivity index (χ0) is 20.8. The van der Waals surface area contributed by atoms with Gasteiger partial charge in [0.2, 0.25) is 0 Å². The molecule has 2 saturated heterocycles. The number of para-hydroxylation sites is 1. The molecule has 2 aromatic rings. The van der Waals surface area contributed by atoms with E-state index in [1.165, 1.54) is 18.4 Å². The van der Waals surface area contributed by atoms with E-state index in [9.17, 15) is 4.79 Å². The minimum Gasteiger partial charge on any atom is -0.492 e. The molecule has 4 rings (SSSR count). The molecule has 2 heterocycles. The zero-order valence-corrected chi connectivity index (χ0v) is 18.4. The van der Waals surface area contributed by atoms with E-state index in [2.05, 4.69) is 46.6 Å². The van der Waals surface area contributed by atoms with Crippen LogP contribution in [0.3, 0.4) is 0 Å². The Bertz CT molecular complexity index is 824. The fourth-order valence-electron chi connectivity index (χ4n) is 4.40. The Kier molecular flexibility index (Phi) is 7.18. The largest absolute Gasteiger partial charge is 0.492 e. The van der Waals surface area contributed by atoms with Crippen molar-refractivity contribution in [2.24, 2.45) is 0 Å². The van der Waals surface area contributed by atoms with Crippen LogP contribution in [0.15, 0.2) is 54.6 Å². The van der Waals surface area contributed by atoms with Gasteiger partial charge in [-0.05, 0) is 43.5 Å². The van der Waals surface area contributed by atoms with Crippen molar-refractivity contribution in [3.8, 4) is 5.75 Å². The maximum atomic E-state index is 12.2. The lowest BCUT2D eigenvalue weighted by atomic mass is 9.89. The number of nitrogens with zero attached hydrogens (tertiary/aromatic N) is 2. The minimum absolute atomic E-state index is 0.0165. The van der Waals surface area contributed by atoms with Crippen LogP contribution < -0.4 is 10.1 Å². The molecule has 0 aromatic heterocycles. The van der Waals surface area contributed by atoms with Gasteiger partial charge in [-0.3, -0.25) is 4.90 Å². The van der Waals surface area contributed by atoms with Crippen LogP contribution in [0.25, 0.3) is 0 Å². The van der Waals surface area contributed by atoms with Crippen LogP contribution in [0.1, 0.15) is 35.3 Å². The van der Waals surface area contributed by atoms with Crippen molar-refractivity contribution in [2.45, 2.75) is 24.1 Å². The summed E-state index contributed by atoms with van der Waals surface area (Å²) < 4.78 is 6.21. The molecule has 0 radical (unpaired) electrons. The second-order valence-corrected chi connectivity index (χ2v) is 9.07. The number of rotatable bonds is 6. The maximum absolute atomic E-state index is 12.2. The molecule has 0 bridgehead atoms. The first-order valence-corrected chi connectivity index (χ1v) is 11.9. The summed E-state index contributed by atoms with van der Waals surface area (Å²) in [5.41, 5.74) is 2.56. The first-order chi connectivity index (χ1) is 14.8. The zero-order valence-electron chi connectivity index (χ0n) is 17.6. The van der Waals surface area contributed by atoms with Gasteiger partial charge in [0.1, 0.15) is 17.7 Å².